The average molecular weight is 310 g/mol. The normalized spacial score (nSPS) is 10.9. The Labute approximate surface area is 134 Å². The number of amides is 1. The quantitative estimate of drug-likeness (QED) is 0.740. The number of fused-ring (bicyclic) bond motifs is 1. The number of nitrogens with zero attached hydrogens (tertiary/aromatic N) is 1. The molecule has 1 N–H and O–H groups in total. The molecule has 3 aromatic rings. The number of thiazole rings is 1. The van der Waals surface area contributed by atoms with Crippen molar-refractivity contribution in [2.24, 2.45) is 0 Å². The number of hydrogen-bond acceptors (Lipinski definition) is 3. The third-order valence-electron chi connectivity index (χ3n) is 3.52. The predicted molar refractivity (Wildman–Crippen MR) is 93.0 cm³/mol. The minimum absolute atomic E-state index is 0.111. The van der Waals surface area contributed by atoms with Crippen LogP contribution in [0.3, 0.4) is 0 Å². The number of aryl methyl sites for hydroxylation is 4. The van der Waals surface area contributed by atoms with Crippen LogP contribution in [0.2, 0.25) is 0 Å². The lowest BCUT2D eigenvalue weighted by atomic mass is 10.1. The first-order chi connectivity index (χ1) is 10.4. The molecule has 0 unspecified atom stereocenters. The molecule has 0 saturated carbocycles. The van der Waals surface area contributed by atoms with Gasteiger partial charge in [-0.2, -0.15) is 0 Å². The summed E-state index contributed by atoms with van der Waals surface area (Å²) in [6.07, 6.45) is 0. The molecular weight excluding hydrogens is 292 g/mol. The second kappa shape index (κ2) is 5.54. The van der Waals surface area contributed by atoms with E-state index in [1.165, 1.54) is 22.5 Å². The van der Waals surface area contributed by atoms with Crippen LogP contribution in [0.15, 0.2) is 30.3 Å². The molecule has 0 fully saturated rings. The third-order valence-corrected chi connectivity index (χ3v) is 4.65. The fraction of sp³-hybridized carbons (Fsp3) is 0.222. The monoisotopic (exact) mass is 310 g/mol. The van der Waals surface area contributed by atoms with E-state index in [2.05, 4.69) is 36.3 Å². The van der Waals surface area contributed by atoms with Gasteiger partial charge in [-0.05, 0) is 57.0 Å². The van der Waals surface area contributed by atoms with E-state index in [0.29, 0.717) is 10.7 Å². The summed E-state index contributed by atoms with van der Waals surface area (Å²) in [4.78, 5) is 16.9. The maximum Gasteiger partial charge on any atom is 0.257 e. The van der Waals surface area contributed by atoms with Crippen molar-refractivity contribution in [3.05, 3.63) is 58.1 Å². The van der Waals surface area contributed by atoms with E-state index in [1.54, 1.807) is 0 Å². The first kappa shape index (κ1) is 14.7. The Morgan fingerprint density at radius 2 is 1.59 bits per heavy atom. The summed E-state index contributed by atoms with van der Waals surface area (Å²) in [5.41, 5.74) is 6.16. The van der Waals surface area contributed by atoms with Crippen LogP contribution in [0.5, 0.6) is 0 Å². The number of anilines is 1. The molecule has 0 aliphatic heterocycles. The Balaban J connectivity index is 1.92. The first-order valence-electron chi connectivity index (χ1n) is 7.20. The number of nitrogens with one attached hydrogen (secondary N) is 1. The van der Waals surface area contributed by atoms with Crippen molar-refractivity contribution in [2.45, 2.75) is 27.7 Å². The van der Waals surface area contributed by atoms with E-state index in [4.69, 9.17) is 0 Å². The second-order valence-corrected chi connectivity index (χ2v) is 6.78. The van der Waals surface area contributed by atoms with Gasteiger partial charge in [-0.15, -0.1) is 0 Å². The zero-order chi connectivity index (χ0) is 15.9. The topological polar surface area (TPSA) is 42.0 Å². The number of carbonyl (C=O) groups excluding carboxylic acids is 1. The molecule has 1 aromatic heterocycles. The number of benzene rings is 2. The molecule has 3 rings (SSSR count). The van der Waals surface area contributed by atoms with Gasteiger partial charge in [0.1, 0.15) is 0 Å². The Hall–Kier alpha value is -2.20. The first-order valence-corrected chi connectivity index (χ1v) is 8.01. The van der Waals surface area contributed by atoms with Crippen LogP contribution in [0.25, 0.3) is 10.2 Å². The zero-order valence-corrected chi connectivity index (χ0v) is 14.0. The van der Waals surface area contributed by atoms with Crippen molar-refractivity contribution in [2.75, 3.05) is 5.32 Å². The van der Waals surface area contributed by atoms with Crippen LogP contribution in [-0.4, -0.2) is 10.9 Å². The SMILES string of the molecule is Cc1cc(C)cc(C(=O)Nc2nc3cc(C)cc(C)c3s2)c1. The van der Waals surface area contributed by atoms with E-state index >= 15 is 0 Å². The van der Waals surface area contributed by atoms with Crippen LogP contribution < -0.4 is 5.32 Å². The molecule has 0 aliphatic rings. The largest absolute Gasteiger partial charge is 0.298 e. The van der Waals surface area contributed by atoms with Gasteiger partial charge in [0.2, 0.25) is 0 Å². The lowest BCUT2D eigenvalue weighted by Crippen LogP contribution is -2.12. The summed E-state index contributed by atoms with van der Waals surface area (Å²) < 4.78 is 1.13. The van der Waals surface area contributed by atoms with Crippen molar-refractivity contribution < 1.29 is 4.79 Å². The highest BCUT2D eigenvalue weighted by Gasteiger charge is 2.12. The van der Waals surface area contributed by atoms with Gasteiger partial charge >= 0.3 is 0 Å². The molecule has 0 spiro atoms. The third kappa shape index (κ3) is 2.88. The van der Waals surface area contributed by atoms with Gasteiger partial charge in [-0.3, -0.25) is 10.1 Å². The van der Waals surface area contributed by atoms with Gasteiger partial charge in [0.15, 0.2) is 5.13 Å². The van der Waals surface area contributed by atoms with Crippen LogP contribution >= 0.6 is 11.3 Å². The van der Waals surface area contributed by atoms with Gasteiger partial charge in [0.25, 0.3) is 5.91 Å². The number of rotatable bonds is 2. The summed E-state index contributed by atoms with van der Waals surface area (Å²) in [7, 11) is 0. The molecule has 0 aliphatic carbocycles. The van der Waals surface area contributed by atoms with Crippen molar-refractivity contribution in [3.8, 4) is 0 Å². The van der Waals surface area contributed by atoms with Gasteiger partial charge < -0.3 is 0 Å². The molecule has 0 bridgehead atoms. The zero-order valence-electron chi connectivity index (χ0n) is 13.2. The lowest BCUT2D eigenvalue weighted by Gasteiger charge is -2.04. The Morgan fingerprint density at radius 1 is 0.955 bits per heavy atom. The molecule has 1 heterocycles. The van der Waals surface area contributed by atoms with Crippen LogP contribution in [0, 0.1) is 27.7 Å². The molecule has 112 valence electrons. The van der Waals surface area contributed by atoms with Crippen molar-refractivity contribution in [1.82, 2.24) is 4.98 Å². The summed E-state index contributed by atoms with van der Waals surface area (Å²) in [6, 6.07) is 10.0. The standard InChI is InChI=1S/C18H18N2OS/c1-10-5-11(2)8-14(7-10)17(21)20-18-19-15-9-12(3)6-13(4)16(15)22-18/h5-9H,1-4H3,(H,19,20,21). The summed E-state index contributed by atoms with van der Waals surface area (Å²) in [5.74, 6) is -0.111. The van der Waals surface area contributed by atoms with Crippen molar-refractivity contribution >= 4 is 32.6 Å². The van der Waals surface area contributed by atoms with Gasteiger partial charge in [-0.25, -0.2) is 4.98 Å². The molecule has 22 heavy (non-hydrogen) atoms. The lowest BCUT2D eigenvalue weighted by molar-refractivity contribution is 0.102. The highest BCUT2D eigenvalue weighted by Crippen LogP contribution is 2.30. The maximum atomic E-state index is 12.4. The summed E-state index contributed by atoms with van der Waals surface area (Å²) >= 11 is 1.52. The highest BCUT2D eigenvalue weighted by atomic mass is 32.1. The summed E-state index contributed by atoms with van der Waals surface area (Å²) in [6.45, 7) is 8.11. The van der Waals surface area contributed by atoms with E-state index < -0.39 is 0 Å². The van der Waals surface area contributed by atoms with Crippen LogP contribution in [0.4, 0.5) is 5.13 Å². The molecule has 4 heteroatoms. The van der Waals surface area contributed by atoms with E-state index in [9.17, 15) is 4.79 Å². The number of aromatic nitrogens is 1. The average Bonchev–Trinajstić information content (AvgIpc) is 2.80. The van der Waals surface area contributed by atoms with E-state index in [1.807, 2.05) is 32.0 Å². The number of hydrogen-bond donors (Lipinski definition) is 1. The second-order valence-electron chi connectivity index (χ2n) is 5.78. The molecule has 0 radical (unpaired) electrons. The maximum absolute atomic E-state index is 12.4. The van der Waals surface area contributed by atoms with E-state index in [0.717, 1.165) is 21.3 Å². The Bertz CT molecular complexity index is 860. The number of carbonyl (C=O) groups is 1. The molecule has 0 saturated heterocycles. The Kier molecular flexibility index (Phi) is 3.71. The van der Waals surface area contributed by atoms with Crippen molar-refractivity contribution in [3.63, 3.8) is 0 Å². The smallest absolute Gasteiger partial charge is 0.257 e. The minimum atomic E-state index is -0.111. The van der Waals surface area contributed by atoms with Crippen LogP contribution in [-0.2, 0) is 0 Å². The van der Waals surface area contributed by atoms with Gasteiger partial charge in [0.05, 0.1) is 10.2 Å². The minimum Gasteiger partial charge on any atom is -0.298 e. The molecular formula is C18H18N2OS. The van der Waals surface area contributed by atoms with E-state index in [-0.39, 0.29) is 5.91 Å². The fourth-order valence-corrected chi connectivity index (χ4v) is 3.62. The molecule has 2 aromatic carbocycles. The van der Waals surface area contributed by atoms with Crippen molar-refractivity contribution in [1.29, 1.82) is 0 Å². The molecule has 1 amide bonds. The Morgan fingerprint density at radius 3 is 2.27 bits per heavy atom. The summed E-state index contributed by atoms with van der Waals surface area (Å²) in [5, 5.41) is 3.56. The predicted octanol–water partition coefficient (Wildman–Crippen LogP) is 4.78. The van der Waals surface area contributed by atoms with Gasteiger partial charge in [0, 0.05) is 5.56 Å². The molecule has 3 nitrogen and oxygen atoms in total. The highest BCUT2D eigenvalue weighted by molar-refractivity contribution is 7.22. The fourth-order valence-electron chi connectivity index (χ4n) is 2.71. The van der Waals surface area contributed by atoms with Crippen LogP contribution in [0.1, 0.15) is 32.6 Å². The molecule has 0 atom stereocenters. The van der Waals surface area contributed by atoms with Gasteiger partial charge in [-0.1, -0.05) is 34.6 Å².